The van der Waals surface area contributed by atoms with Gasteiger partial charge in [0.2, 0.25) is 0 Å². The molecule has 0 aliphatic heterocycles. The Morgan fingerprint density at radius 1 is 0.689 bits per heavy atom. The second-order valence-corrected chi connectivity index (χ2v) is 11.9. The summed E-state index contributed by atoms with van der Waals surface area (Å²) in [4.78, 5) is 24.7. The molecule has 0 bridgehead atoms. The Hall–Kier alpha value is -4.00. The van der Waals surface area contributed by atoms with E-state index in [1.165, 1.54) is 58.3 Å². The second-order valence-electron chi connectivity index (χ2n) is 11.9. The number of hydrogen-bond donors (Lipinski definition) is 0. The third kappa shape index (κ3) is 9.49. The van der Waals surface area contributed by atoms with Crippen molar-refractivity contribution >= 4 is 11.9 Å². The lowest BCUT2D eigenvalue weighted by molar-refractivity contribution is -0.131. The third-order valence-electron chi connectivity index (χ3n) is 8.54. The second kappa shape index (κ2) is 16.9. The number of methoxy groups -OCH3 is 2. The van der Waals surface area contributed by atoms with Crippen LogP contribution >= 0.6 is 0 Å². The lowest BCUT2D eigenvalue weighted by Crippen LogP contribution is -2.16. The maximum Gasteiger partial charge on any atom is 0.341 e. The van der Waals surface area contributed by atoms with Gasteiger partial charge < -0.3 is 18.9 Å². The molecule has 6 heteroatoms. The predicted octanol–water partition coefficient (Wildman–Crippen LogP) is 9.09. The van der Waals surface area contributed by atoms with Gasteiger partial charge in [-0.25, -0.2) is 9.59 Å². The Bertz CT molecular complexity index is 1450. The maximum absolute atomic E-state index is 12.6. The van der Waals surface area contributed by atoms with Crippen LogP contribution in [0.5, 0.6) is 11.5 Å². The summed E-state index contributed by atoms with van der Waals surface area (Å²) in [7, 11) is 3.04. The quantitative estimate of drug-likeness (QED) is 0.0740. The van der Waals surface area contributed by atoms with E-state index in [0.29, 0.717) is 17.4 Å². The number of esters is 2. The van der Waals surface area contributed by atoms with Crippen molar-refractivity contribution in [1.29, 1.82) is 0 Å². The zero-order chi connectivity index (χ0) is 32.2. The fraction of sp³-hybridized carbons (Fsp3) is 0.385. The van der Waals surface area contributed by atoms with Gasteiger partial charge in [0.1, 0.15) is 11.5 Å². The van der Waals surface area contributed by atoms with Gasteiger partial charge >= 0.3 is 11.9 Å². The average Bonchev–Trinajstić information content (AvgIpc) is 3.06. The Balaban J connectivity index is 1.53. The summed E-state index contributed by atoms with van der Waals surface area (Å²) in [5, 5.41) is 0. The highest BCUT2D eigenvalue weighted by molar-refractivity contribution is 5.90. The fourth-order valence-electron chi connectivity index (χ4n) is 6.03. The Morgan fingerprint density at radius 2 is 1.20 bits per heavy atom. The van der Waals surface area contributed by atoms with Gasteiger partial charge in [0.25, 0.3) is 0 Å². The highest BCUT2D eigenvalue weighted by atomic mass is 16.5. The summed E-state index contributed by atoms with van der Waals surface area (Å²) in [6.07, 6.45) is 9.92. The fourth-order valence-corrected chi connectivity index (χ4v) is 6.03. The van der Waals surface area contributed by atoms with Gasteiger partial charge in [-0.15, -0.1) is 0 Å². The molecule has 1 saturated carbocycles. The first-order chi connectivity index (χ1) is 21.8. The van der Waals surface area contributed by atoms with Crippen LogP contribution in [0, 0.1) is 5.92 Å². The zero-order valence-electron chi connectivity index (χ0n) is 26.9. The molecule has 0 unspecified atom stereocenters. The van der Waals surface area contributed by atoms with Crippen LogP contribution in [-0.2, 0) is 19.1 Å². The molecule has 0 saturated heterocycles. The number of benzene rings is 3. The smallest absolute Gasteiger partial charge is 0.341 e. The topological polar surface area (TPSA) is 71.1 Å². The number of carbonyl (C=O) groups excluding carboxylic acids is 2. The molecule has 1 aliphatic carbocycles. The molecule has 238 valence electrons. The zero-order valence-corrected chi connectivity index (χ0v) is 26.9. The third-order valence-corrected chi connectivity index (χ3v) is 8.54. The SMILES string of the molecule is C=C(COC)C(=O)Oc1ccc(-c2ccc(-c3ccc(OC(=O)C(=C)COC)cc3C3CCC(CCCCC)CC3)cc2)cc1. The highest BCUT2D eigenvalue weighted by Crippen LogP contribution is 2.43. The van der Waals surface area contributed by atoms with Crippen LogP contribution in [0.2, 0.25) is 0 Å². The summed E-state index contributed by atoms with van der Waals surface area (Å²) in [6.45, 7) is 10.0. The van der Waals surface area contributed by atoms with Crippen molar-refractivity contribution in [2.75, 3.05) is 27.4 Å². The molecule has 0 heterocycles. The van der Waals surface area contributed by atoms with Gasteiger partial charge in [-0.1, -0.05) is 88.2 Å². The van der Waals surface area contributed by atoms with E-state index >= 15 is 0 Å². The van der Waals surface area contributed by atoms with Gasteiger partial charge in [-0.2, -0.15) is 0 Å². The first kappa shape index (κ1) is 33.9. The van der Waals surface area contributed by atoms with Gasteiger partial charge in [0.05, 0.1) is 24.4 Å². The summed E-state index contributed by atoms with van der Waals surface area (Å²) in [5.74, 6) is 1.21. The molecular weight excluding hydrogens is 564 g/mol. The molecule has 0 spiro atoms. The minimum absolute atomic E-state index is 0.128. The van der Waals surface area contributed by atoms with Crippen molar-refractivity contribution in [2.24, 2.45) is 5.92 Å². The van der Waals surface area contributed by atoms with E-state index in [-0.39, 0.29) is 24.4 Å². The number of rotatable bonds is 15. The molecule has 0 aromatic heterocycles. The van der Waals surface area contributed by atoms with Gasteiger partial charge in [0.15, 0.2) is 0 Å². The molecule has 1 aliphatic rings. The molecule has 4 rings (SSSR count). The minimum atomic E-state index is -0.504. The van der Waals surface area contributed by atoms with Crippen LogP contribution in [-0.4, -0.2) is 39.4 Å². The molecule has 0 radical (unpaired) electrons. The van der Waals surface area contributed by atoms with E-state index in [1.807, 2.05) is 24.3 Å². The minimum Gasteiger partial charge on any atom is -0.423 e. The van der Waals surface area contributed by atoms with Crippen molar-refractivity contribution in [3.05, 3.63) is 96.6 Å². The van der Waals surface area contributed by atoms with Crippen molar-refractivity contribution in [2.45, 2.75) is 64.2 Å². The van der Waals surface area contributed by atoms with E-state index in [2.05, 4.69) is 50.4 Å². The Labute approximate surface area is 268 Å². The lowest BCUT2D eigenvalue weighted by atomic mass is 9.75. The monoisotopic (exact) mass is 610 g/mol. The van der Waals surface area contributed by atoms with E-state index in [1.54, 1.807) is 12.1 Å². The number of ether oxygens (including phenoxy) is 4. The van der Waals surface area contributed by atoms with Crippen molar-refractivity contribution < 1.29 is 28.5 Å². The summed E-state index contributed by atoms with van der Waals surface area (Å²) >= 11 is 0. The van der Waals surface area contributed by atoms with Crippen LogP contribution in [0.4, 0.5) is 0 Å². The van der Waals surface area contributed by atoms with Gasteiger partial charge in [-0.05, 0) is 89.6 Å². The van der Waals surface area contributed by atoms with Crippen molar-refractivity contribution in [3.63, 3.8) is 0 Å². The van der Waals surface area contributed by atoms with Crippen LogP contribution in [0.3, 0.4) is 0 Å². The number of carbonyl (C=O) groups is 2. The standard InChI is InChI=1S/C39H46O6/c1-6-7-8-9-29-10-12-33(13-11-29)37-24-35(45-39(41)28(3)26-43-5)22-23-36(37)32-16-14-30(15-17-32)31-18-20-34(21-19-31)44-38(40)27(2)25-42-4/h14-24,29,33H,2-3,6-13,25-26H2,1,4-5H3. The number of unbranched alkanes of at least 4 members (excludes halogenated alkanes) is 2. The molecule has 3 aromatic rings. The van der Waals surface area contributed by atoms with E-state index < -0.39 is 11.9 Å². The van der Waals surface area contributed by atoms with Crippen LogP contribution in [0.15, 0.2) is 91.0 Å². The molecule has 1 fully saturated rings. The maximum atomic E-state index is 12.6. The predicted molar refractivity (Wildman–Crippen MR) is 179 cm³/mol. The normalized spacial score (nSPS) is 16.2. The highest BCUT2D eigenvalue weighted by Gasteiger charge is 2.25. The first-order valence-electron chi connectivity index (χ1n) is 16.0. The van der Waals surface area contributed by atoms with Crippen molar-refractivity contribution in [3.8, 4) is 33.8 Å². The molecule has 0 amide bonds. The Kier molecular flexibility index (Phi) is 12.7. The molecule has 0 atom stereocenters. The Morgan fingerprint density at radius 3 is 1.76 bits per heavy atom. The van der Waals surface area contributed by atoms with E-state index in [9.17, 15) is 9.59 Å². The molecule has 3 aromatic carbocycles. The van der Waals surface area contributed by atoms with E-state index in [0.717, 1.165) is 41.0 Å². The molecule has 6 nitrogen and oxygen atoms in total. The lowest BCUT2D eigenvalue weighted by Gasteiger charge is -2.30. The summed E-state index contributed by atoms with van der Waals surface area (Å²) in [5.41, 5.74) is 6.11. The average molecular weight is 611 g/mol. The van der Waals surface area contributed by atoms with Gasteiger partial charge in [-0.3, -0.25) is 0 Å². The summed E-state index contributed by atoms with van der Waals surface area (Å²) < 4.78 is 21.1. The largest absolute Gasteiger partial charge is 0.423 e. The molecule has 0 N–H and O–H groups in total. The van der Waals surface area contributed by atoms with Crippen LogP contribution in [0.1, 0.15) is 69.8 Å². The van der Waals surface area contributed by atoms with Gasteiger partial charge in [0, 0.05) is 14.2 Å². The van der Waals surface area contributed by atoms with Crippen LogP contribution in [0.25, 0.3) is 22.3 Å². The molecular formula is C39H46O6. The first-order valence-corrected chi connectivity index (χ1v) is 16.0. The number of hydrogen-bond acceptors (Lipinski definition) is 6. The molecule has 45 heavy (non-hydrogen) atoms. The summed E-state index contributed by atoms with van der Waals surface area (Å²) in [6, 6.07) is 21.9. The van der Waals surface area contributed by atoms with Crippen LogP contribution < -0.4 is 9.47 Å². The van der Waals surface area contributed by atoms with E-state index in [4.69, 9.17) is 18.9 Å². The van der Waals surface area contributed by atoms with Crippen molar-refractivity contribution in [1.82, 2.24) is 0 Å².